The molecule has 0 aliphatic heterocycles. The molecule has 7 heteroatoms. The molecule has 3 aromatic heterocycles. The molecular formula is C26H37N6P. The molecule has 0 spiro atoms. The lowest BCUT2D eigenvalue weighted by atomic mass is 10.1. The van der Waals surface area contributed by atoms with Crippen molar-refractivity contribution in [2.24, 2.45) is 0 Å². The minimum absolute atomic E-state index is 0.151. The summed E-state index contributed by atoms with van der Waals surface area (Å²) in [5.74, 6) is 1.73. The summed E-state index contributed by atoms with van der Waals surface area (Å²) in [4.78, 5) is 9.01. The fourth-order valence-electron chi connectivity index (χ4n) is 3.08. The van der Waals surface area contributed by atoms with Crippen LogP contribution in [0.15, 0.2) is 67.1 Å². The molecule has 0 saturated heterocycles. The summed E-state index contributed by atoms with van der Waals surface area (Å²) < 4.78 is 1.88. The highest BCUT2D eigenvalue weighted by Gasteiger charge is 2.13. The van der Waals surface area contributed by atoms with Gasteiger partial charge in [0.1, 0.15) is 11.6 Å². The van der Waals surface area contributed by atoms with Gasteiger partial charge in [0, 0.05) is 36.4 Å². The lowest BCUT2D eigenvalue weighted by Gasteiger charge is -2.17. The van der Waals surface area contributed by atoms with E-state index in [1.54, 1.807) is 6.20 Å². The number of nitrogens with one attached hydrogen (secondary N) is 2. The van der Waals surface area contributed by atoms with Crippen molar-refractivity contribution in [3.8, 4) is 0 Å². The molecule has 2 atom stereocenters. The van der Waals surface area contributed by atoms with Gasteiger partial charge in [-0.05, 0) is 30.8 Å². The van der Waals surface area contributed by atoms with E-state index in [0.29, 0.717) is 15.1 Å². The lowest BCUT2D eigenvalue weighted by molar-refractivity contribution is 0.866. The third-order valence-corrected chi connectivity index (χ3v) is 5.49. The maximum absolute atomic E-state index is 4.83. The number of anilines is 2. The fraction of sp³-hybridized carbons (Fsp3) is 0.346. The molecule has 4 rings (SSSR count). The molecule has 176 valence electrons. The molecule has 0 aliphatic carbocycles. The Labute approximate surface area is 200 Å². The van der Waals surface area contributed by atoms with Gasteiger partial charge in [-0.15, -0.1) is 0 Å². The van der Waals surface area contributed by atoms with Crippen molar-refractivity contribution in [2.75, 3.05) is 17.3 Å². The first-order valence-electron chi connectivity index (χ1n) is 11.7. The first kappa shape index (κ1) is 26.3. The first-order chi connectivity index (χ1) is 16.2. The summed E-state index contributed by atoms with van der Waals surface area (Å²) in [6.07, 6.45) is 6.80. The second-order valence-corrected chi connectivity index (χ2v) is 8.31. The predicted molar refractivity (Wildman–Crippen MR) is 144 cm³/mol. The number of benzene rings is 1. The Balaban J connectivity index is 0.000000714. The van der Waals surface area contributed by atoms with Crippen molar-refractivity contribution in [1.82, 2.24) is 19.6 Å². The van der Waals surface area contributed by atoms with Crippen molar-refractivity contribution in [2.45, 2.75) is 53.6 Å². The van der Waals surface area contributed by atoms with Crippen molar-refractivity contribution < 1.29 is 0 Å². The maximum atomic E-state index is 4.83. The quantitative estimate of drug-likeness (QED) is 0.315. The second kappa shape index (κ2) is 14.2. The van der Waals surface area contributed by atoms with E-state index in [1.165, 1.54) is 12.0 Å². The summed E-state index contributed by atoms with van der Waals surface area (Å²) in [6, 6.07) is 16.5. The van der Waals surface area contributed by atoms with Crippen molar-refractivity contribution >= 4 is 31.2 Å². The molecular weight excluding hydrogens is 427 g/mol. The number of pyridine rings is 1. The zero-order chi connectivity index (χ0) is 24.1. The molecule has 6 nitrogen and oxygen atoms in total. The fourth-order valence-corrected chi connectivity index (χ4v) is 3.65. The Morgan fingerprint density at radius 1 is 1.03 bits per heavy atom. The largest absolute Gasteiger partial charge is 0.366 e. The Morgan fingerprint density at radius 3 is 2.39 bits per heavy atom. The maximum Gasteiger partial charge on any atom is 0.167 e. The van der Waals surface area contributed by atoms with Crippen LogP contribution in [0.4, 0.5) is 11.6 Å². The summed E-state index contributed by atoms with van der Waals surface area (Å²) >= 11 is 0. The Hall–Kier alpha value is -2.98. The molecule has 3 heterocycles. The molecule has 2 unspecified atom stereocenters. The van der Waals surface area contributed by atoms with Gasteiger partial charge in [-0.3, -0.25) is 4.98 Å². The van der Waals surface area contributed by atoms with Crippen LogP contribution in [0.5, 0.6) is 0 Å². The number of aromatic nitrogens is 4. The van der Waals surface area contributed by atoms with Crippen molar-refractivity contribution in [3.63, 3.8) is 0 Å². The zero-order valence-corrected chi connectivity index (χ0v) is 21.6. The Morgan fingerprint density at radius 2 is 1.76 bits per heavy atom. The predicted octanol–water partition coefficient (Wildman–Crippen LogP) is 6.29. The summed E-state index contributed by atoms with van der Waals surface area (Å²) in [5.41, 5.74) is 3.23. The SMILES string of the molecule is CC.CCC.CPc1cnn2c(NCc3cccnc3)cc(NC(C)c3ccccc3)nc12. The molecule has 0 saturated carbocycles. The van der Waals surface area contributed by atoms with Gasteiger partial charge in [0.05, 0.1) is 6.20 Å². The van der Waals surface area contributed by atoms with Crippen LogP contribution < -0.4 is 15.9 Å². The molecule has 0 radical (unpaired) electrons. The van der Waals surface area contributed by atoms with Gasteiger partial charge < -0.3 is 10.6 Å². The average Bonchev–Trinajstić information content (AvgIpc) is 3.28. The number of nitrogens with zero attached hydrogens (tertiary/aromatic N) is 4. The molecule has 0 bridgehead atoms. The van der Waals surface area contributed by atoms with E-state index in [4.69, 9.17) is 4.98 Å². The number of fused-ring (bicyclic) bond motifs is 1. The van der Waals surface area contributed by atoms with Gasteiger partial charge >= 0.3 is 0 Å². The van der Waals surface area contributed by atoms with Crippen LogP contribution in [0.25, 0.3) is 5.65 Å². The van der Waals surface area contributed by atoms with Gasteiger partial charge in [0.15, 0.2) is 5.65 Å². The van der Waals surface area contributed by atoms with Crippen LogP contribution in [0.2, 0.25) is 0 Å². The molecule has 33 heavy (non-hydrogen) atoms. The molecule has 0 amide bonds. The zero-order valence-electron chi connectivity index (χ0n) is 20.6. The highest BCUT2D eigenvalue weighted by atomic mass is 31.1. The van der Waals surface area contributed by atoms with Crippen LogP contribution in [0.1, 0.15) is 58.2 Å². The summed E-state index contributed by atoms with van der Waals surface area (Å²) in [5, 5.41) is 12.7. The Bertz CT molecular complexity index is 1070. The van der Waals surface area contributed by atoms with Gasteiger partial charge in [-0.1, -0.05) is 79.1 Å². The average molecular weight is 465 g/mol. The highest BCUT2D eigenvalue weighted by molar-refractivity contribution is 7.46. The summed E-state index contributed by atoms with van der Waals surface area (Å²) in [6.45, 7) is 13.2. The third-order valence-electron chi connectivity index (χ3n) is 4.60. The van der Waals surface area contributed by atoms with Crippen LogP contribution in [0.3, 0.4) is 0 Å². The summed E-state index contributed by atoms with van der Waals surface area (Å²) in [7, 11) is 0.633. The minimum atomic E-state index is 0.151. The van der Waals surface area contributed by atoms with E-state index in [9.17, 15) is 0 Å². The molecule has 4 aromatic rings. The van der Waals surface area contributed by atoms with Gasteiger partial charge in [-0.25, -0.2) is 4.98 Å². The first-order valence-corrected chi connectivity index (χ1v) is 13.2. The second-order valence-electron chi connectivity index (χ2n) is 7.27. The van der Waals surface area contributed by atoms with Crippen LogP contribution >= 0.6 is 8.58 Å². The third kappa shape index (κ3) is 7.54. The number of rotatable bonds is 7. The molecule has 1 aromatic carbocycles. The van der Waals surface area contributed by atoms with Crippen LogP contribution in [0, 0.1) is 0 Å². The topological polar surface area (TPSA) is 67.1 Å². The van der Waals surface area contributed by atoms with E-state index in [1.807, 2.05) is 49.0 Å². The highest BCUT2D eigenvalue weighted by Crippen LogP contribution is 2.23. The standard InChI is InChI=1S/C21H23N6P.C3H8.C2H6/c1-15(17-8-4-3-5-9-17)25-19-11-20(23-13-16-7-6-10-22-12-16)27-21(26-19)18(28-2)14-24-27;1-3-2;1-2/h3-12,14-15,23,28H,13H2,1-2H3,(H,25,26);3H2,1-2H3;1-2H3. The van der Waals surface area contributed by atoms with Gasteiger partial charge in [0.2, 0.25) is 0 Å². The van der Waals surface area contributed by atoms with E-state index in [2.05, 4.69) is 78.5 Å². The number of hydrogen-bond acceptors (Lipinski definition) is 5. The molecule has 0 aliphatic rings. The number of hydrogen-bond donors (Lipinski definition) is 2. The van der Waals surface area contributed by atoms with E-state index in [0.717, 1.165) is 28.2 Å². The van der Waals surface area contributed by atoms with Crippen LogP contribution in [-0.4, -0.2) is 26.2 Å². The van der Waals surface area contributed by atoms with Gasteiger partial charge in [0.25, 0.3) is 0 Å². The van der Waals surface area contributed by atoms with Gasteiger partial charge in [-0.2, -0.15) is 9.61 Å². The lowest BCUT2D eigenvalue weighted by Crippen LogP contribution is -2.12. The van der Waals surface area contributed by atoms with E-state index < -0.39 is 0 Å². The van der Waals surface area contributed by atoms with Crippen LogP contribution in [-0.2, 0) is 6.54 Å². The van der Waals surface area contributed by atoms with Crippen molar-refractivity contribution in [1.29, 1.82) is 0 Å². The Kier molecular flexibility index (Phi) is 11.3. The normalized spacial score (nSPS) is 11.3. The van der Waals surface area contributed by atoms with E-state index in [-0.39, 0.29) is 6.04 Å². The monoisotopic (exact) mass is 464 g/mol. The minimum Gasteiger partial charge on any atom is -0.366 e. The van der Waals surface area contributed by atoms with Crippen molar-refractivity contribution in [3.05, 3.63) is 78.2 Å². The molecule has 2 N–H and O–H groups in total. The smallest absolute Gasteiger partial charge is 0.167 e. The molecule has 0 fully saturated rings. The van der Waals surface area contributed by atoms with E-state index >= 15 is 0 Å².